The molecule has 0 saturated heterocycles. The van der Waals surface area contributed by atoms with E-state index in [4.69, 9.17) is 5.11 Å². The van der Waals surface area contributed by atoms with Gasteiger partial charge in [-0.1, -0.05) is 25.7 Å². The molecule has 0 unspecified atom stereocenters. The summed E-state index contributed by atoms with van der Waals surface area (Å²) in [5, 5.41) is 9.09. The van der Waals surface area contributed by atoms with E-state index >= 15 is 0 Å². The lowest BCUT2D eigenvalue weighted by Gasteiger charge is -2.02. The van der Waals surface area contributed by atoms with E-state index in [1.807, 2.05) is 0 Å². The average molecular weight is 145 g/mol. The van der Waals surface area contributed by atoms with Crippen LogP contribution in [0.4, 0.5) is 0 Å². The second-order valence-electron chi connectivity index (χ2n) is 2.65. The Morgan fingerprint density at radius 2 is 1.40 bits per heavy atom. The molecule has 1 saturated carbocycles. The molecule has 1 aliphatic rings. The molecular weight excluding hydrogens is 126 g/mol. The molecule has 0 atom stereocenters. The quantitative estimate of drug-likeness (QED) is 0.504. The predicted octanol–water partition coefficient (Wildman–Crippen LogP) is 1.28. The monoisotopic (exact) mass is 145 g/mol. The molecule has 2 nitrogen and oxygen atoms in total. The van der Waals surface area contributed by atoms with Crippen molar-refractivity contribution in [2.24, 2.45) is 5.73 Å². The minimum atomic E-state index is 0.0255. The zero-order valence-electron chi connectivity index (χ0n) is 6.84. The topological polar surface area (TPSA) is 46.2 Å². The number of rotatable bonds is 0. The van der Waals surface area contributed by atoms with Gasteiger partial charge in [-0.25, -0.2) is 0 Å². The summed E-state index contributed by atoms with van der Waals surface area (Å²) in [6, 6.07) is 0. The van der Waals surface area contributed by atoms with E-state index < -0.39 is 0 Å². The van der Waals surface area contributed by atoms with Crippen LogP contribution in [0.2, 0.25) is 0 Å². The molecule has 1 rings (SSSR count). The zero-order chi connectivity index (χ0) is 7.82. The van der Waals surface area contributed by atoms with E-state index in [9.17, 15) is 0 Å². The summed E-state index contributed by atoms with van der Waals surface area (Å²) in [4.78, 5) is 0. The van der Waals surface area contributed by atoms with E-state index in [2.05, 4.69) is 5.73 Å². The molecule has 0 aromatic rings. The maximum atomic E-state index is 9.09. The molecule has 0 aliphatic heterocycles. The third-order valence-electron chi connectivity index (χ3n) is 1.82. The minimum absolute atomic E-state index is 0.0255. The summed E-state index contributed by atoms with van der Waals surface area (Å²) < 4.78 is 0. The van der Waals surface area contributed by atoms with Gasteiger partial charge in [0.1, 0.15) is 0 Å². The smallest absolute Gasteiger partial charge is 0.0540 e. The molecule has 0 heterocycles. The first kappa shape index (κ1) is 9.92. The predicted molar refractivity (Wildman–Crippen MR) is 43.8 cm³/mol. The lowest BCUT2D eigenvalue weighted by molar-refractivity contribution is 0.157. The number of hydrogen-bond donors (Lipinski definition) is 2. The van der Waals surface area contributed by atoms with Crippen LogP contribution in [-0.2, 0) is 0 Å². The SMILES string of the molecule is CN.OC1CCCCCC1. The van der Waals surface area contributed by atoms with E-state index in [0.29, 0.717) is 0 Å². The van der Waals surface area contributed by atoms with Crippen molar-refractivity contribution >= 4 is 0 Å². The van der Waals surface area contributed by atoms with Crippen LogP contribution in [0.1, 0.15) is 38.5 Å². The Kier molecular flexibility index (Phi) is 6.98. The first-order valence-electron chi connectivity index (χ1n) is 4.15. The van der Waals surface area contributed by atoms with Crippen LogP contribution in [-0.4, -0.2) is 18.3 Å². The van der Waals surface area contributed by atoms with Crippen molar-refractivity contribution in [1.29, 1.82) is 0 Å². The highest BCUT2D eigenvalue weighted by molar-refractivity contribution is 4.60. The van der Waals surface area contributed by atoms with Gasteiger partial charge >= 0.3 is 0 Å². The normalized spacial score (nSPS) is 20.7. The Labute approximate surface area is 63.4 Å². The lowest BCUT2D eigenvalue weighted by Crippen LogP contribution is -2.02. The lowest BCUT2D eigenvalue weighted by atomic mass is 10.2. The summed E-state index contributed by atoms with van der Waals surface area (Å²) in [6.07, 6.45) is 7.24. The minimum Gasteiger partial charge on any atom is -0.393 e. The van der Waals surface area contributed by atoms with Crippen LogP contribution in [0.5, 0.6) is 0 Å². The Morgan fingerprint density at radius 3 is 1.80 bits per heavy atom. The van der Waals surface area contributed by atoms with Crippen molar-refractivity contribution in [2.45, 2.75) is 44.6 Å². The summed E-state index contributed by atoms with van der Waals surface area (Å²) >= 11 is 0. The van der Waals surface area contributed by atoms with Gasteiger partial charge < -0.3 is 10.8 Å². The maximum Gasteiger partial charge on any atom is 0.0540 e. The number of aliphatic hydroxyl groups excluding tert-OH is 1. The molecule has 0 aromatic heterocycles. The highest BCUT2D eigenvalue weighted by Crippen LogP contribution is 2.16. The van der Waals surface area contributed by atoms with Crippen molar-refractivity contribution in [3.05, 3.63) is 0 Å². The van der Waals surface area contributed by atoms with Crippen LogP contribution in [0.15, 0.2) is 0 Å². The fraction of sp³-hybridized carbons (Fsp3) is 1.00. The summed E-state index contributed by atoms with van der Waals surface area (Å²) in [7, 11) is 1.50. The molecule has 0 bridgehead atoms. The molecule has 0 spiro atoms. The highest BCUT2D eigenvalue weighted by atomic mass is 16.3. The maximum absolute atomic E-state index is 9.09. The average Bonchev–Trinajstić information content (AvgIpc) is 2.21. The van der Waals surface area contributed by atoms with Gasteiger partial charge in [0.2, 0.25) is 0 Å². The Bertz CT molecular complexity index is 58.3. The molecule has 1 aliphatic carbocycles. The van der Waals surface area contributed by atoms with Crippen LogP contribution >= 0.6 is 0 Å². The molecule has 1 fully saturated rings. The summed E-state index contributed by atoms with van der Waals surface area (Å²) in [5.41, 5.74) is 4.50. The van der Waals surface area contributed by atoms with Gasteiger partial charge in [0.15, 0.2) is 0 Å². The van der Waals surface area contributed by atoms with Crippen molar-refractivity contribution in [3.8, 4) is 0 Å². The number of aliphatic hydroxyl groups is 1. The van der Waals surface area contributed by atoms with Crippen molar-refractivity contribution in [2.75, 3.05) is 7.05 Å². The van der Waals surface area contributed by atoms with Crippen LogP contribution < -0.4 is 5.73 Å². The number of nitrogens with two attached hydrogens (primary N) is 1. The molecular formula is C8H19NO. The van der Waals surface area contributed by atoms with Crippen molar-refractivity contribution in [3.63, 3.8) is 0 Å². The van der Waals surface area contributed by atoms with E-state index in [0.717, 1.165) is 12.8 Å². The molecule has 10 heavy (non-hydrogen) atoms. The first-order chi connectivity index (χ1) is 4.89. The van der Waals surface area contributed by atoms with Gasteiger partial charge in [-0.3, -0.25) is 0 Å². The van der Waals surface area contributed by atoms with Gasteiger partial charge in [0.05, 0.1) is 6.10 Å². The summed E-state index contributed by atoms with van der Waals surface area (Å²) in [5.74, 6) is 0. The third-order valence-corrected chi connectivity index (χ3v) is 1.82. The van der Waals surface area contributed by atoms with Gasteiger partial charge in [-0.2, -0.15) is 0 Å². The summed E-state index contributed by atoms with van der Waals surface area (Å²) in [6.45, 7) is 0. The second-order valence-corrected chi connectivity index (χ2v) is 2.65. The molecule has 2 heteroatoms. The highest BCUT2D eigenvalue weighted by Gasteiger charge is 2.06. The third kappa shape index (κ3) is 4.77. The standard InChI is InChI=1S/C7H14O.CH5N/c8-7-5-3-1-2-4-6-7;1-2/h7-8H,1-6H2;2H2,1H3. The Morgan fingerprint density at radius 1 is 1.00 bits per heavy atom. The van der Waals surface area contributed by atoms with Gasteiger partial charge in [-0.05, 0) is 19.9 Å². The second kappa shape index (κ2) is 7.03. The fourth-order valence-electron chi connectivity index (χ4n) is 1.26. The molecule has 0 radical (unpaired) electrons. The van der Waals surface area contributed by atoms with Crippen LogP contribution in [0, 0.1) is 0 Å². The number of hydrogen-bond acceptors (Lipinski definition) is 2. The fourth-order valence-corrected chi connectivity index (χ4v) is 1.26. The largest absolute Gasteiger partial charge is 0.393 e. The molecule has 0 amide bonds. The van der Waals surface area contributed by atoms with Gasteiger partial charge in [-0.15, -0.1) is 0 Å². The zero-order valence-corrected chi connectivity index (χ0v) is 6.84. The first-order valence-corrected chi connectivity index (χ1v) is 4.15. The van der Waals surface area contributed by atoms with E-state index in [-0.39, 0.29) is 6.10 Å². The van der Waals surface area contributed by atoms with Crippen LogP contribution in [0.3, 0.4) is 0 Å². The van der Waals surface area contributed by atoms with Crippen molar-refractivity contribution in [1.82, 2.24) is 0 Å². The molecule has 3 N–H and O–H groups in total. The Balaban J connectivity index is 0.000000371. The van der Waals surface area contributed by atoms with E-state index in [1.165, 1.54) is 32.7 Å². The van der Waals surface area contributed by atoms with E-state index in [1.54, 1.807) is 0 Å². The Hall–Kier alpha value is -0.0800. The van der Waals surface area contributed by atoms with Gasteiger partial charge in [0, 0.05) is 0 Å². The van der Waals surface area contributed by atoms with Crippen molar-refractivity contribution < 1.29 is 5.11 Å². The van der Waals surface area contributed by atoms with Crippen LogP contribution in [0.25, 0.3) is 0 Å². The molecule has 62 valence electrons. The molecule has 0 aromatic carbocycles. The van der Waals surface area contributed by atoms with Gasteiger partial charge in [0.25, 0.3) is 0 Å².